The highest BCUT2D eigenvalue weighted by molar-refractivity contribution is 7.89. The van der Waals surface area contributed by atoms with E-state index in [0.29, 0.717) is 4.31 Å². The quantitative estimate of drug-likeness (QED) is 0.849. The molecule has 0 bridgehead atoms. The number of benzene rings is 1. The Morgan fingerprint density at radius 2 is 2.11 bits per heavy atom. The molecule has 0 atom stereocenters. The Hall–Kier alpha value is -1.67. The minimum atomic E-state index is -4.11. The Morgan fingerprint density at radius 3 is 2.61 bits per heavy atom. The van der Waals surface area contributed by atoms with Crippen LogP contribution in [-0.2, 0) is 14.8 Å². The van der Waals surface area contributed by atoms with E-state index in [1.807, 2.05) is 0 Å². The lowest BCUT2D eigenvalue weighted by molar-refractivity contribution is -0.137. The van der Waals surface area contributed by atoms with E-state index in [1.165, 1.54) is 7.11 Å². The largest absolute Gasteiger partial charge is 0.495 e. The fourth-order valence-electron chi connectivity index (χ4n) is 1.30. The zero-order chi connectivity index (χ0) is 13.9. The normalized spacial score (nSPS) is 11.6. The lowest BCUT2D eigenvalue weighted by Gasteiger charge is -2.16. The molecule has 100 valence electrons. The van der Waals surface area contributed by atoms with Crippen molar-refractivity contribution in [3.05, 3.63) is 24.0 Å². The zero-order valence-electron chi connectivity index (χ0n) is 9.75. The molecule has 1 aromatic carbocycles. The van der Waals surface area contributed by atoms with E-state index in [-0.39, 0.29) is 5.75 Å². The van der Waals surface area contributed by atoms with Crippen molar-refractivity contribution in [3.8, 4) is 5.75 Å². The van der Waals surface area contributed by atoms with Crippen molar-refractivity contribution in [1.29, 1.82) is 0 Å². The molecular formula is C10H12FNO5S. The van der Waals surface area contributed by atoms with Crippen molar-refractivity contribution in [3.63, 3.8) is 0 Å². The maximum atomic E-state index is 13.1. The topological polar surface area (TPSA) is 83.9 Å². The summed E-state index contributed by atoms with van der Waals surface area (Å²) in [7, 11) is -1.78. The lowest BCUT2D eigenvalue weighted by Crippen LogP contribution is -2.32. The Bertz CT molecular complexity index is 557. The van der Waals surface area contributed by atoms with Crippen molar-refractivity contribution in [1.82, 2.24) is 4.31 Å². The van der Waals surface area contributed by atoms with Gasteiger partial charge in [-0.25, -0.2) is 12.8 Å². The van der Waals surface area contributed by atoms with Gasteiger partial charge in [-0.1, -0.05) is 0 Å². The highest BCUT2D eigenvalue weighted by Gasteiger charge is 2.26. The van der Waals surface area contributed by atoms with Gasteiger partial charge < -0.3 is 9.84 Å². The first-order valence-electron chi connectivity index (χ1n) is 4.80. The first-order chi connectivity index (χ1) is 8.28. The predicted octanol–water partition coefficient (Wildman–Crippen LogP) is 0.539. The summed E-state index contributed by atoms with van der Waals surface area (Å²) in [6.45, 7) is -0.720. The number of likely N-dealkylation sites (N-methyl/N-ethyl adjacent to an activating group) is 1. The number of hydrogen-bond acceptors (Lipinski definition) is 4. The fourth-order valence-corrected chi connectivity index (χ4v) is 2.58. The molecule has 0 aromatic heterocycles. The summed E-state index contributed by atoms with van der Waals surface area (Å²) in [5.74, 6) is -2.11. The van der Waals surface area contributed by atoms with Gasteiger partial charge in [-0.15, -0.1) is 0 Å². The number of ether oxygens (including phenoxy) is 1. The van der Waals surface area contributed by atoms with Gasteiger partial charge in [-0.05, 0) is 18.2 Å². The zero-order valence-corrected chi connectivity index (χ0v) is 10.6. The average molecular weight is 277 g/mol. The Balaban J connectivity index is 3.27. The van der Waals surface area contributed by atoms with E-state index >= 15 is 0 Å². The summed E-state index contributed by atoms with van der Waals surface area (Å²) < 4.78 is 42.5. The number of sulfonamides is 1. The van der Waals surface area contributed by atoms with Crippen molar-refractivity contribution in [2.45, 2.75) is 4.90 Å². The van der Waals surface area contributed by atoms with Gasteiger partial charge in [0.2, 0.25) is 10.0 Å². The molecule has 0 aliphatic rings. The predicted molar refractivity (Wildman–Crippen MR) is 60.4 cm³/mol. The number of aliphatic carboxylic acids is 1. The van der Waals surface area contributed by atoms with Gasteiger partial charge in [0.15, 0.2) is 0 Å². The molecule has 18 heavy (non-hydrogen) atoms. The van der Waals surface area contributed by atoms with Crippen LogP contribution in [0.2, 0.25) is 0 Å². The summed E-state index contributed by atoms with van der Waals surface area (Å²) in [4.78, 5) is 10.1. The standard InChI is InChI=1S/C10H12FNO5S/c1-12(6-10(13)14)18(15,16)9-5-7(11)3-4-8(9)17-2/h3-5H,6H2,1-2H3,(H,13,14). The van der Waals surface area contributed by atoms with Gasteiger partial charge in [-0.3, -0.25) is 4.79 Å². The molecule has 0 aliphatic heterocycles. The number of halogens is 1. The van der Waals surface area contributed by atoms with Crippen molar-refractivity contribution in [2.75, 3.05) is 20.7 Å². The molecule has 0 heterocycles. The summed E-state index contributed by atoms with van der Waals surface area (Å²) >= 11 is 0. The first kappa shape index (κ1) is 14.4. The molecule has 0 spiro atoms. The van der Waals surface area contributed by atoms with E-state index < -0.39 is 33.3 Å². The SMILES string of the molecule is COc1ccc(F)cc1S(=O)(=O)N(C)CC(=O)O. The molecule has 6 nitrogen and oxygen atoms in total. The number of carboxylic acids is 1. The minimum Gasteiger partial charge on any atom is -0.495 e. The Labute approximate surface area is 104 Å². The summed E-state index contributed by atoms with van der Waals surface area (Å²) in [6.07, 6.45) is 0. The molecule has 0 amide bonds. The van der Waals surface area contributed by atoms with Gasteiger partial charge >= 0.3 is 5.97 Å². The second-order valence-corrected chi connectivity index (χ2v) is 5.46. The maximum Gasteiger partial charge on any atom is 0.318 e. The fraction of sp³-hybridized carbons (Fsp3) is 0.300. The minimum absolute atomic E-state index is 0.0476. The third-order valence-electron chi connectivity index (χ3n) is 2.17. The molecular weight excluding hydrogens is 265 g/mol. The number of nitrogens with zero attached hydrogens (tertiary/aromatic N) is 1. The van der Waals surface area contributed by atoms with Crippen molar-refractivity contribution < 1.29 is 27.4 Å². The third kappa shape index (κ3) is 2.96. The van der Waals surface area contributed by atoms with Gasteiger partial charge in [0.05, 0.1) is 7.11 Å². The third-order valence-corrected chi connectivity index (χ3v) is 4.00. The molecule has 0 aliphatic carbocycles. The van der Waals surface area contributed by atoms with E-state index in [0.717, 1.165) is 25.2 Å². The summed E-state index contributed by atoms with van der Waals surface area (Å²) in [6, 6.07) is 3.00. The van der Waals surface area contributed by atoms with Crippen LogP contribution >= 0.6 is 0 Å². The maximum absolute atomic E-state index is 13.1. The van der Waals surface area contributed by atoms with Crippen molar-refractivity contribution in [2.24, 2.45) is 0 Å². The van der Waals surface area contributed by atoms with E-state index in [1.54, 1.807) is 0 Å². The number of rotatable bonds is 5. The summed E-state index contributed by atoms with van der Waals surface area (Å²) in [5, 5.41) is 8.56. The number of hydrogen-bond donors (Lipinski definition) is 1. The van der Waals surface area contributed by atoms with Crippen LogP contribution in [0.5, 0.6) is 5.75 Å². The van der Waals surface area contributed by atoms with Crippen LogP contribution in [0.4, 0.5) is 4.39 Å². The van der Waals surface area contributed by atoms with Crippen LogP contribution in [0.3, 0.4) is 0 Å². The lowest BCUT2D eigenvalue weighted by atomic mass is 10.3. The Morgan fingerprint density at radius 1 is 1.50 bits per heavy atom. The van der Waals surface area contributed by atoms with Gasteiger partial charge in [0, 0.05) is 7.05 Å². The van der Waals surface area contributed by atoms with Gasteiger partial charge in [0.1, 0.15) is 23.0 Å². The molecule has 0 fully saturated rings. The van der Waals surface area contributed by atoms with Crippen LogP contribution in [0, 0.1) is 5.82 Å². The molecule has 1 rings (SSSR count). The molecule has 8 heteroatoms. The van der Waals surface area contributed by atoms with Gasteiger partial charge in [0.25, 0.3) is 0 Å². The molecule has 1 aromatic rings. The number of methoxy groups -OCH3 is 1. The second-order valence-electron chi connectivity index (χ2n) is 3.45. The number of carboxylic acid groups (broad SMARTS) is 1. The van der Waals surface area contributed by atoms with Crippen LogP contribution in [-0.4, -0.2) is 44.5 Å². The summed E-state index contributed by atoms with van der Waals surface area (Å²) in [5.41, 5.74) is 0. The molecule has 0 unspecified atom stereocenters. The Kier molecular flexibility index (Phi) is 4.25. The molecule has 0 radical (unpaired) electrons. The van der Waals surface area contributed by atoms with Crippen LogP contribution in [0.25, 0.3) is 0 Å². The molecule has 0 saturated heterocycles. The van der Waals surface area contributed by atoms with Gasteiger partial charge in [-0.2, -0.15) is 4.31 Å². The average Bonchev–Trinajstić information content (AvgIpc) is 2.28. The molecule has 0 saturated carbocycles. The van der Waals surface area contributed by atoms with E-state index in [9.17, 15) is 17.6 Å². The van der Waals surface area contributed by atoms with Crippen molar-refractivity contribution >= 4 is 16.0 Å². The monoisotopic (exact) mass is 277 g/mol. The van der Waals surface area contributed by atoms with Crippen LogP contribution in [0.1, 0.15) is 0 Å². The molecule has 1 N–H and O–H groups in total. The highest BCUT2D eigenvalue weighted by atomic mass is 32.2. The second kappa shape index (κ2) is 5.32. The van der Waals surface area contributed by atoms with Crippen LogP contribution < -0.4 is 4.74 Å². The van der Waals surface area contributed by atoms with Crippen LogP contribution in [0.15, 0.2) is 23.1 Å². The van der Waals surface area contributed by atoms with E-state index in [4.69, 9.17) is 9.84 Å². The highest BCUT2D eigenvalue weighted by Crippen LogP contribution is 2.26. The first-order valence-corrected chi connectivity index (χ1v) is 6.24. The smallest absolute Gasteiger partial charge is 0.318 e. The van der Waals surface area contributed by atoms with E-state index in [2.05, 4.69) is 0 Å². The number of carbonyl (C=O) groups is 1.